The summed E-state index contributed by atoms with van der Waals surface area (Å²) in [6.07, 6.45) is 0. The number of aliphatic hydroxyl groups is 1. The van der Waals surface area contributed by atoms with Crippen LogP contribution in [0.25, 0.3) is 11.3 Å². The number of hydrogen-bond acceptors (Lipinski definition) is 6. The molecule has 0 spiro atoms. The van der Waals surface area contributed by atoms with Crippen LogP contribution in [0.4, 0.5) is 17.5 Å². The number of amides is 1. The third-order valence-corrected chi connectivity index (χ3v) is 3.86. The fraction of sp³-hybridized carbons (Fsp3) is 0.150. The SMILES string of the molecule is C[C@@H](CO)Nc1nc(NC(=O)c2ccc(N)cc2)cc(-c2ccccc2)n1. The summed E-state index contributed by atoms with van der Waals surface area (Å²) in [6.45, 7) is 1.75. The first kappa shape index (κ1) is 18.3. The fourth-order valence-electron chi connectivity index (χ4n) is 2.42. The van der Waals surface area contributed by atoms with Crippen molar-refractivity contribution in [3.05, 3.63) is 66.2 Å². The van der Waals surface area contributed by atoms with Crippen LogP contribution in [-0.4, -0.2) is 33.6 Å². The summed E-state index contributed by atoms with van der Waals surface area (Å²) < 4.78 is 0. The Morgan fingerprint density at radius 2 is 1.81 bits per heavy atom. The van der Waals surface area contributed by atoms with Gasteiger partial charge in [0.2, 0.25) is 5.95 Å². The van der Waals surface area contributed by atoms with Crippen LogP contribution >= 0.6 is 0 Å². The van der Waals surface area contributed by atoms with Crippen LogP contribution < -0.4 is 16.4 Å². The lowest BCUT2D eigenvalue weighted by molar-refractivity contribution is 0.102. The molecule has 0 saturated heterocycles. The van der Waals surface area contributed by atoms with E-state index in [-0.39, 0.29) is 18.6 Å². The highest BCUT2D eigenvalue weighted by Crippen LogP contribution is 2.22. The maximum absolute atomic E-state index is 12.5. The van der Waals surface area contributed by atoms with Gasteiger partial charge in [-0.2, -0.15) is 4.98 Å². The van der Waals surface area contributed by atoms with Crippen molar-refractivity contribution in [2.75, 3.05) is 23.0 Å². The van der Waals surface area contributed by atoms with Gasteiger partial charge in [0.1, 0.15) is 5.82 Å². The molecule has 0 aliphatic carbocycles. The summed E-state index contributed by atoms with van der Waals surface area (Å²) in [5, 5.41) is 15.1. The molecule has 138 valence electrons. The number of nitrogens with two attached hydrogens (primary N) is 1. The first-order chi connectivity index (χ1) is 13.0. The average molecular weight is 363 g/mol. The summed E-state index contributed by atoms with van der Waals surface area (Å²) in [4.78, 5) is 21.3. The number of carbonyl (C=O) groups is 1. The standard InChI is InChI=1S/C20H21N5O2/c1-13(12-26)22-20-23-17(14-5-3-2-4-6-14)11-18(25-20)24-19(27)15-7-9-16(21)10-8-15/h2-11,13,26H,12,21H2,1H3,(H2,22,23,24,25,27)/t13-/m0/s1. The molecule has 3 rings (SSSR count). The minimum absolute atomic E-state index is 0.0634. The van der Waals surface area contributed by atoms with Gasteiger partial charge >= 0.3 is 0 Å². The predicted octanol–water partition coefficient (Wildman–Crippen LogP) is 2.77. The van der Waals surface area contributed by atoms with Crippen LogP contribution in [0.5, 0.6) is 0 Å². The molecule has 0 bridgehead atoms. The quantitative estimate of drug-likeness (QED) is 0.501. The van der Waals surface area contributed by atoms with E-state index in [1.54, 1.807) is 30.3 Å². The van der Waals surface area contributed by atoms with E-state index in [0.717, 1.165) is 5.56 Å². The number of aliphatic hydroxyl groups excluding tert-OH is 1. The second-order valence-electron chi connectivity index (χ2n) is 6.13. The van der Waals surface area contributed by atoms with Crippen LogP contribution in [0.1, 0.15) is 17.3 Å². The molecule has 7 nitrogen and oxygen atoms in total. The van der Waals surface area contributed by atoms with Gasteiger partial charge in [0.25, 0.3) is 5.91 Å². The molecule has 0 aliphatic heterocycles. The molecule has 1 heterocycles. The Hall–Kier alpha value is -3.45. The third-order valence-electron chi connectivity index (χ3n) is 3.86. The van der Waals surface area contributed by atoms with E-state index in [4.69, 9.17) is 5.73 Å². The number of anilines is 3. The van der Waals surface area contributed by atoms with Gasteiger partial charge in [-0.1, -0.05) is 30.3 Å². The molecule has 0 fully saturated rings. The van der Waals surface area contributed by atoms with Gasteiger partial charge in [-0.05, 0) is 31.2 Å². The summed E-state index contributed by atoms with van der Waals surface area (Å²) in [7, 11) is 0. The lowest BCUT2D eigenvalue weighted by Crippen LogP contribution is -2.22. The Morgan fingerprint density at radius 3 is 2.48 bits per heavy atom. The maximum Gasteiger partial charge on any atom is 0.256 e. The van der Waals surface area contributed by atoms with Crippen LogP contribution in [0.2, 0.25) is 0 Å². The Morgan fingerprint density at radius 1 is 1.11 bits per heavy atom. The molecule has 1 amide bonds. The molecule has 7 heteroatoms. The second-order valence-corrected chi connectivity index (χ2v) is 6.13. The van der Waals surface area contributed by atoms with Gasteiger partial charge in [0, 0.05) is 28.9 Å². The van der Waals surface area contributed by atoms with Gasteiger partial charge in [0.05, 0.1) is 12.3 Å². The number of nitrogen functional groups attached to an aromatic ring is 1. The van der Waals surface area contributed by atoms with E-state index in [1.807, 2.05) is 37.3 Å². The number of nitrogens with one attached hydrogen (secondary N) is 2. The maximum atomic E-state index is 12.5. The molecule has 2 aromatic carbocycles. The number of rotatable bonds is 6. The monoisotopic (exact) mass is 363 g/mol. The number of benzene rings is 2. The second kappa shape index (κ2) is 8.29. The van der Waals surface area contributed by atoms with E-state index >= 15 is 0 Å². The van der Waals surface area contributed by atoms with Crippen LogP contribution in [0.3, 0.4) is 0 Å². The topological polar surface area (TPSA) is 113 Å². The van der Waals surface area contributed by atoms with Crippen molar-refractivity contribution in [2.45, 2.75) is 13.0 Å². The zero-order valence-electron chi connectivity index (χ0n) is 14.9. The molecule has 0 unspecified atom stereocenters. The Kier molecular flexibility index (Phi) is 5.63. The van der Waals surface area contributed by atoms with Crippen LogP contribution in [0, 0.1) is 0 Å². The molecule has 0 aliphatic rings. The van der Waals surface area contributed by atoms with E-state index in [9.17, 15) is 9.90 Å². The summed E-state index contributed by atoms with van der Waals surface area (Å²) in [6, 6.07) is 17.7. The number of hydrogen-bond donors (Lipinski definition) is 4. The van der Waals surface area contributed by atoms with Crippen LogP contribution in [0.15, 0.2) is 60.7 Å². The minimum atomic E-state index is -0.297. The molecule has 0 saturated carbocycles. The van der Waals surface area contributed by atoms with Crippen molar-refractivity contribution >= 4 is 23.4 Å². The van der Waals surface area contributed by atoms with Crippen molar-refractivity contribution in [3.8, 4) is 11.3 Å². The Bertz CT molecular complexity index is 913. The van der Waals surface area contributed by atoms with Crippen molar-refractivity contribution in [1.29, 1.82) is 0 Å². The van der Waals surface area contributed by atoms with Crippen molar-refractivity contribution in [3.63, 3.8) is 0 Å². The van der Waals surface area contributed by atoms with Gasteiger partial charge < -0.3 is 21.5 Å². The van der Waals surface area contributed by atoms with Gasteiger partial charge in [0.15, 0.2) is 0 Å². The number of carbonyl (C=O) groups excluding carboxylic acids is 1. The van der Waals surface area contributed by atoms with Gasteiger partial charge in [-0.25, -0.2) is 4.98 Å². The minimum Gasteiger partial charge on any atom is -0.399 e. The van der Waals surface area contributed by atoms with Crippen molar-refractivity contribution < 1.29 is 9.90 Å². The van der Waals surface area contributed by atoms with Gasteiger partial charge in [-0.3, -0.25) is 4.79 Å². The zero-order valence-corrected chi connectivity index (χ0v) is 14.9. The molecule has 1 aromatic heterocycles. The normalized spacial score (nSPS) is 11.6. The number of aromatic nitrogens is 2. The Labute approximate surface area is 157 Å². The smallest absolute Gasteiger partial charge is 0.256 e. The van der Waals surface area contributed by atoms with Crippen molar-refractivity contribution in [2.24, 2.45) is 0 Å². The lowest BCUT2D eigenvalue weighted by Gasteiger charge is -2.14. The highest BCUT2D eigenvalue weighted by atomic mass is 16.3. The third kappa shape index (κ3) is 4.80. The van der Waals surface area contributed by atoms with E-state index in [0.29, 0.717) is 28.7 Å². The first-order valence-electron chi connectivity index (χ1n) is 8.54. The predicted molar refractivity (Wildman–Crippen MR) is 106 cm³/mol. The van der Waals surface area contributed by atoms with Crippen LogP contribution in [-0.2, 0) is 0 Å². The van der Waals surface area contributed by atoms with E-state index in [2.05, 4.69) is 20.6 Å². The highest BCUT2D eigenvalue weighted by molar-refractivity contribution is 6.04. The molecule has 1 atom stereocenters. The average Bonchev–Trinajstić information content (AvgIpc) is 2.69. The van der Waals surface area contributed by atoms with Gasteiger partial charge in [-0.15, -0.1) is 0 Å². The molecule has 0 radical (unpaired) electrons. The Balaban J connectivity index is 1.91. The summed E-state index contributed by atoms with van der Waals surface area (Å²) >= 11 is 0. The van der Waals surface area contributed by atoms with Crippen molar-refractivity contribution in [1.82, 2.24) is 9.97 Å². The van der Waals surface area contributed by atoms with E-state index < -0.39 is 0 Å². The molecule has 3 aromatic rings. The summed E-state index contributed by atoms with van der Waals surface area (Å²) in [5.74, 6) is 0.387. The zero-order chi connectivity index (χ0) is 19.2. The molecule has 27 heavy (non-hydrogen) atoms. The molecule has 5 N–H and O–H groups in total. The highest BCUT2D eigenvalue weighted by Gasteiger charge is 2.12. The molecular formula is C20H21N5O2. The fourth-order valence-corrected chi connectivity index (χ4v) is 2.42. The largest absolute Gasteiger partial charge is 0.399 e. The molecular weight excluding hydrogens is 342 g/mol. The number of nitrogens with zero attached hydrogens (tertiary/aromatic N) is 2. The van der Waals surface area contributed by atoms with E-state index in [1.165, 1.54) is 0 Å². The lowest BCUT2D eigenvalue weighted by atomic mass is 10.1. The first-order valence-corrected chi connectivity index (χ1v) is 8.54. The summed E-state index contributed by atoms with van der Waals surface area (Å²) in [5.41, 5.74) is 8.27.